The summed E-state index contributed by atoms with van der Waals surface area (Å²) in [7, 11) is 0. The number of nitrogens with zero attached hydrogens (tertiary/aromatic N) is 1. The van der Waals surface area contributed by atoms with Crippen LogP contribution < -0.4 is 0 Å². The summed E-state index contributed by atoms with van der Waals surface area (Å²) in [6.45, 7) is 0. The first kappa shape index (κ1) is 15.6. The smallest absolute Gasteiger partial charge is 0.0674 e. The third-order valence-corrected chi connectivity index (χ3v) is 5.67. The second-order valence-corrected chi connectivity index (χ2v) is 7.57. The van der Waals surface area contributed by atoms with Gasteiger partial charge in [0.05, 0.1) is 11.0 Å². The zero-order valence-electron chi connectivity index (χ0n) is 14.1. The van der Waals surface area contributed by atoms with E-state index in [0.29, 0.717) is 0 Å². The molecule has 0 aliphatic rings. The minimum atomic E-state index is 1.20. The summed E-state index contributed by atoms with van der Waals surface area (Å²) in [6, 6.07) is 34.5. The van der Waals surface area contributed by atoms with Crippen molar-refractivity contribution in [1.29, 1.82) is 0 Å². The number of halogens is 1. The Morgan fingerprint density at radius 2 is 1.23 bits per heavy atom. The molecular weight excluding hydrogens is 429 g/mol. The predicted octanol–water partition coefficient (Wildman–Crippen LogP) is 7.06. The first-order valence-electron chi connectivity index (χ1n) is 8.66. The number of hydrogen-bond acceptors (Lipinski definition) is 0. The number of para-hydroxylation sites is 2. The monoisotopic (exact) mass is 445 g/mol. The van der Waals surface area contributed by atoms with E-state index in [0.717, 1.165) is 0 Å². The van der Waals surface area contributed by atoms with Gasteiger partial charge in [-0.15, -0.1) is 0 Å². The lowest BCUT2D eigenvalue weighted by Crippen LogP contribution is -1.95. The van der Waals surface area contributed by atoms with Gasteiger partial charge in [0.15, 0.2) is 0 Å². The van der Waals surface area contributed by atoms with Crippen LogP contribution in [0.1, 0.15) is 0 Å². The van der Waals surface area contributed by atoms with E-state index in [1.807, 2.05) is 0 Å². The molecule has 0 saturated heterocycles. The van der Waals surface area contributed by atoms with E-state index in [2.05, 4.69) is 124 Å². The fourth-order valence-corrected chi connectivity index (χ4v) is 4.56. The number of fused-ring (bicyclic) bond motifs is 3. The van der Waals surface area contributed by atoms with E-state index < -0.39 is 0 Å². The molecule has 5 aromatic rings. The summed E-state index contributed by atoms with van der Waals surface area (Å²) in [4.78, 5) is 0. The van der Waals surface area contributed by atoms with E-state index in [-0.39, 0.29) is 0 Å². The lowest BCUT2D eigenvalue weighted by atomic mass is 10.0. The molecule has 1 aromatic heterocycles. The maximum absolute atomic E-state index is 2.48. The molecule has 5 rings (SSSR count). The van der Waals surface area contributed by atoms with Gasteiger partial charge in [0.25, 0.3) is 0 Å². The third-order valence-electron chi connectivity index (χ3n) is 4.84. The van der Waals surface area contributed by atoms with Crippen LogP contribution in [0.2, 0.25) is 0 Å². The van der Waals surface area contributed by atoms with Crippen molar-refractivity contribution in [3.63, 3.8) is 0 Å². The molecule has 124 valence electrons. The fraction of sp³-hybridized carbons (Fsp3) is 0. The van der Waals surface area contributed by atoms with Crippen LogP contribution in [0.3, 0.4) is 0 Å². The molecule has 0 radical (unpaired) electrons. The van der Waals surface area contributed by atoms with E-state index in [1.165, 1.54) is 42.2 Å². The zero-order valence-corrected chi connectivity index (χ0v) is 16.2. The highest BCUT2D eigenvalue weighted by molar-refractivity contribution is 14.1. The first-order valence-corrected chi connectivity index (χ1v) is 9.74. The van der Waals surface area contributed by atoms with Crippen LogP contribution in [0.4, 0.5) is 0 Å². The molecule has 0 atom stereocenters. The summed E-state index contributed by atoms with van der Waals surface area (Å²) >= 11 is 2.48. The highest BCUT2D eigenvalue weighted by Gasteiger charge is 2.15. The van der Waals surface area contributed by atoms with Crippen LogP contribution in [0.15, 0.2) is 97.1 Å². The van der Waals surface area contributed by atoms with E-state index >= 15 is 0 Å². The fourth-order valence-electron chi connectivity index (χ4n) is 3.69. The van der Waals surface area contributed by atoms with Crippen molar-refractivity contribution in [2.45, 2.75) is 0 Å². The summed E-state index contributed by atoms with van der Waals surface area (Å²) in [5, 5.41) is 2.59. The molecule has 1 nitrogen and oxygen atoms in total. The molecule has 0 spiro atoms. The van der Waals surface area contributed by atoms with Crippen molar-refractivity contribution < 1.29 is 0 Å². The average molecular weight is 445 g/mol. The van der Waals surface area contributed by atoms with Crippen LogP contribution in [0.25, 0.3) is 38.6 Å². The van der Waals surface area contributed by atoms with E-state index in [4.69, 9.17) is 0 Å². The Morgan fingerprint density at radius 1 is 0.577 bits per heavy atom. The van der Waals surface area contributed by atoms with E-state index in [9.17, 15) is 0 Å². The van der Waals surface area contributed by atoms with Crippen molar-refractivity contribution >= 4 is 44.4 Å². The number of hydrogen-bond donors (Lipinski definition) is 0. The molecule has 2 heteroatoms. The molecule has 0 bridgehead atoms. The van der Waals surface area contributed by atoms with E-state index in [1.54, 1.807) is 0 Å². The molecule has 1 heterocycles. The Bertz CT molecular complexity index is 1220. The molecular formula is C24H16IN. The zero-order chi connectivity index (χ0) is 17.5. The highest BCUT2D eigenvalue weighted by Crippen LogP contribution is 2.37. The Labute approximate surface area is 166 Å². The largest absolute Gasteiger partial charge is 0.308 e. The minimum absolute atomic E-state index is 1.20. The molecule has 0 fully saturated rings. The highest BCUT2D eigenvalue weighted by atomic mass is 127. The molecule has 0 amide bonds. The van der Waals surface area contributed by atoms with Crippen molar-refractivity contribution in [2.75, 3.05) is 0 Å². The maximum Gasteiger partial charge on any atom is 0.0674 e. The summed E-state index contributed by atoms with van der Waals surface area (Å²) in [6.07, 6.45) is 0. The number of benzene rings is 4. The van der Waals surface area contributed by atoms with Crippen LogP contribution in [-0.4, -0.2) is 4.57 Å². The second kappa shape index (κ2) is 6.29. The third kappa shape index (κ3) is 2.44. The van der Waals surface area contributed by atoms with Crippen LogP contribution in [-0.2, 0) is 0 Å². The van der Waals surface area contributed by atoms with Gasteiger partial charge in [-0.25, -0.2) is 0 Å². The summed E-state index contributed by atoms with van der Waals surface area (Å²) in [5.41, 5.74) is 6.24. The standard InChI is InChI=1S/C24H16IN/c25-22-16-18(17-9-3-1-4-10-17)15-21-20-13-7-8-14-23(20)26(24(21)22)19-11-5-2-6-12-19/h1-16H. The normalized spacial score (nSPS) is 11.3. The van der Waals surface area contributed by atoms with Crippen molar-refractivity contribution in [1.82, 2.24) is 4.57 Å². The quantitative estimate of drug-likeness (QED) is 0.257. The Morgan fingerprint density at radius 3 is 2.00 bits per heavy atom. The van der Waals surface area contributed by atoms with Gasteiger partial charge in [-0.2, -0.15) is 0 Å². The lowest BCUT2D eigenvalue weighted by molar-refractivity contribution is 1.18. The van der Waals surface area contributed by atoms with Gasteiger partial charge in [-0.3, -0.25) is 0 Å². The van der Waals surface area contributed by atoms with Gasteiger partial charge >= 0.3 is 0 Å². The second-order valence-electron chi connectivity index (χ2n) is 6.41. The minimum Gasteiger partial charge on any atom is -0.308 e. The Kier molecular flexibility index (Phi) is 3.79. The van der Waals surface area contributed by atoms with Gasteiger partial charge in [-0.1, -0.05) is 66.7 Å². The number of aromatic nitrogens is 1. The van der Waals surface area contributed by atoms with Gasteiger partial charge in [-0.05, 0) is 64.0 Å². The molecule has 0 aliphatic carbocycles. The predicted molar refractivity (Wildman–Crippen MR) is 119 cm³/mol. The van der Waals surface area contributed by atoms with Crippen LogP contribution in [0.5, 0.6) is 0 Å². The van der Waals surface area contributed by atoms with Gasteiger partial charge < -0.3 is 4.57 Å². The van der Waals surface area contributed by atoms with Gasteiger partial charge in [0.1, 0.15) is 0 Å². The molecule has 4 aromatic carbocycles. The lowest BCUT2D eigenvalue weighted by Gasteiger charge is -2.10. The van der Waals surface area contributed by atoms with Crippen molar-refractivity contribution in [2.24, 2.45) is 0 Å². The average Bonchev–Trinajstić information content (AvgIpc) is 3.04. The molecule has 0 saturated carbocycles. The first-order chi connectivity index (χ1) is 12.8. The van der Waals surface area contributed by atoms with Crippen LogP contribution >= 0.6 is 22.6 Å². The maximum atomic E-state index is 2.48. The SMILES string of the molecule is Ic1cc(-c2ccccc2)cc2c3ccccc3n(-c3ccccc3)c12. The van der Waals surface area contributed by atoms with Crippen molar-refractivity contribution in [3.05, 3.63) is 101 Å². The summed E-state index contributed by atoms with van der Waals surface area (Å²) in [5.74, 6) is 0. The number of rotatable bonds is 2. The summed E-state index contributed by atoms with van der Waals surface area (Å²) < 4.78 is 3.64. The van der Waals surface area contributed by atoms with Crippen molar-refractivity contribution in [3.8, 4) is 16.8 Å². The molecule has 0 N–H and O–H groups in total. The van der Waals surface area contributed by atoms with Crippen LogP contribution in [0, 0.1) is 3.57 Å². The molecule has 0 unspecified atom stereocenters. The molecule has 0 aliphatic heterocycles. The Hall–Kier alpha value is -2.59. The Balaban J connectivity index is 1.91. The topological polar surface area (TPSA) is 4.93 Å². The van der Waals surface area contributed by atoms with Gasteiger partial charge in [0, 0.05) is 20.0 Å². The van der Waals surface area contributed by atoms with Gasteiger partial charge in [0.2, 0.25) is 0 Å². The molecule has 26 heavy (non-hydrogen) atoms.